The Hall–Kier alpha value is -1.42. The van der Waals surface area contributed by atoms with E-state index in [4.69, 9.17) is 11.6 Å². The summed E-state index contributed by atoms with van der Waals surface area (Å²) in [5.74, 6) is -1.64. The average Bonchev–Trinajstić information content (AvgIpc) is 2.15. The Bertz CT molecular complexity index is 390. The molecule has 0 N–H and O–H groups in total. The molecule has 0 bridgehead atoms. The molecule has 0 heterocycles. The zero-order valence-electron chi connectivity index (χ0n) is 7.21. The highest BCUT2D eigenvalue weighted by Crippen LogP contribution is 2.19. The Balaban J connectivity index is 3.39. The molecule has 0 unspecified atom stereocenters. The zero-order valence-corrected chi connectivity index (χ0v) is 7.97. The molecule has 3 nitrogen and oxygen atoms in total. The molecule has 0 amide bonds. The number of hydrogen-bond donors (Lipinski definition) is 0. The van der Waals surface area contributed by atoms with Gasteiger partial charge in [-0.3, -0.25) is 4.79 Å². The number of ether oxygens (including phenoxy) is 1. The van der Waals surface area contributed by atoms with E-state index in [1.165, 1.54) is 6.07 Å². The van der Waals surface area contributed by atoms with E-state index >= 15 is 0 Å². The summed E-state index contributed by atoms with van der Waals surface area (Å²) in [5.41, 5.74) is -0.520. The number of hydrogen-bond acceptors (Lipinski definition) is 3. The second-order valence-corrected chi connectivity index (χ2v) is 2.89. The van der Waals surface area contributed by atoms with Crippen molar-refractivity contribution in [3.8, 4) is 0 Å². The maximum absolute atomic E-state index is 13.1. The monoisotopic (exact) mass is 216 g/mol. The first kappa shape index (κ1) is 10.7. The van der Waals surface area contributed by atoms with Crippen molar-refractivity contribution in [2.24, 2.45) is 0 Å². The molecule has 0 atom stereocenters. The normalized spacial score (nSPS) is 9.64. The highest BCUT2D eigenvalue weighted by molar-refractivity contribution is 6.31. The molecule has 1 rings (SSSR count). The van der Waals surface area contributed by atoms with Gasteiger partial charge in [0.2, 0.25) is 0 Å². The summed E-state index contributed by atoms with van der Waals surface area (Å²) in [6, 6.07) is 2.14. The van der Waals surface area contributed by atoms with Crippen molar-refractivity contribution in [2.45, 2.75) is 0 Å². The molecule has 14 heavy (non-hydrogen) atoms. The standard InChI is InChI=1S/C9H6ClFO3/c1-14-9(13)6-2-5(10)3-8(11)7(6)4-12/h2-4H,1H3. The van der Waals surface area contributed by atoms with Crippen LogP contribution in [0.25, 0.3) is 0 Å². The fourth-order valence-electron chi connectivity index (χ4n) is 0.983. The largest absolute Gasteiger partial charge is 0.465 e. The predicted molar refractivity (Wildman–Crippen MR) is 48.1 cm³/mol. The molecular weight excluding hydrogens is 211 g/mol. The third-order valence-corrected chi connectivity index (χ3v) is 1.84. The van der Waals surface area contributed by atoms with Crippen LogP contribution in [0, 0.1) is 5.82 Å². The summed E-state index contributed by atoms with van der Waals surface area (Å²) in [7, 11) is 1.13. The molecule has 0 aromatic heterocycles. The number of methoxy groups -OCH3 is 1. The number of benzene rings is 1. The first-order chi connectivity index (χ1) is 6.60. The van der Waals surface area contributed by atoms with Crippen LogP contribution in [0.15, 0.2) is 12.1 Å². The second-order valence-electron chi connectivity index (χ2n) is 2.46. The number of esters is 1. The van der Waals surface area contributed by atoms with Crippen LogP contribution >= 0.6 is 11.6 Å². The SMILES string of the molecule is COC(=O)c1cc(Cl)cc(F)c1C=O. The first-order valence-electron chi connectivity index (χ1n) is 3.62. The Morgan fingerprint density at radius 2 is 2.21 bits per heavy atom. The van der Waals surface area contributed by atoms with Crippen molar-refractivity contribution < 1.29 is 18.7 Å². The van der Waals surface area contributed by atoms with Crippen LogP contribution < -0.4 is 0 Å². The van der Waals surface area contributed by atoms with Crippen LogP contribution in [0.2, 0.25) is 5.02 Å². The highest BCUT2D eigenvalue weighted by Gasteiger charge is 2.16. The van der Waals surface area contributed by atoms with Crippen LogP contribution in [0.1, 0.15) is 20.7 Å². The van der Waals surface area contributed by atoms with E-state index in [1.807, 2.05) is 0 Å². The smallest absolute Gasteiger partial charge is 0.338 e. The minimum atomic E-state index is -0.840. The summed E-state index contributed by atoms with van der Waals surface area (Å²) in [4.78, 5) is 21.6. The molecule has 0 fully saturated rings. The number of carbonyl (C=O) groups is 2. The van der Waals surface area contributed by atoms with Gasteiger partial charge in [0.25, 0.3) is 0 Å². The van der Waals surface area contributed by atoms with Gasteiger partial charge in [0.05, 0.1) is 18.2 Å². The lowest BCUT2D eigenvalue weighted by molar-refractivity contribution is 0.0597. The van der Waals surface area contributed by atoms with Crippen molar-refractivity contribution >= 4 is 23.9 Å². The first-order valence-corrected chi connectivity index (χ1v) is 4.00. The van der Waals surface area contributed by atoms with E-state index in [0.717, 1.165) is 13.2 Å². The van der Waals surface area contributed by atoms with E-state index in [-0.39, 0.29) is 22.4 Å². The van der Waals surface area contributed by atoms with E-state index in [2.05, 4.69) is 4.74 Å². The lowest BCUT2D eigenvalue weighted by Gasteiger charge is -2.04. The van der Waals surface area contributed by atoms with Gasteiger partial charge in [0.1, 0.15) is 5.82 Å². The number of rotatable bonds is 2. The van der Waals surface area contributed by atoms with Crippen molar-refractivity contribution in [3.05, 3.63) is 34.1 Å². The summed E-state index contributed by atoms with van der Waals surface area (Å²) in [6.07, 6.45) is 0.248. The van der Waals surface area contributed by atoms with Crippen molar-refractivity contribution in [2.75, 3.05) is 7.11 Å². The van der Waals surface area contributed by atoms with Gasteiger partial charge in [-0.15, -0.1) is 0 Å². The molecule has 0 spiro atoms. The van der Waals surface area contributed by atoms with Gasteiger partial charge >= 0.3 is 5.97 Å². The predicted octanol–water partition coefficient (Wildman–Crippen LogP) is 2.08. The molecule has 0 saturated carbocycles. The quantitative estimate of drug-likeness (QED) is 0.562. The molecular formula is C9H6ClFO3. The van der Waals surface area contributed by atoms with Crippen molar-refractivity contribution in [1.29, 1.82) is 0 Å². The molecule has 1 aromatic rings. The molecule has 0 aliphatic carbocycles. The fraction of sp³-hybridized carbons (Fsp3) is 0.111. The third kappa shape index (κ3) is 1.90. The molecule has 74 valence electrons. The third-order valence-electron chi connectivity index (χ3n) is 1.62. The van der Waals surface area contributed by atoms with E-state index in [0.29, 0.717) is 0 Å². The van der Waals surface area contributed by atoms with Gasteiger partial charge in [-0.05, 0) is 12.1 Å². The van der Waals surface area contributed by atoms with Gasteiger partial charge in [0.15, 0.2) is 6.29 Å². The Morgan fingerprint density at radius 3 is 2.71 bits per heavy atom. The second kappa shape index (κ2) is 4.19. The van der Waals surface area contributed by atoms with Crippen molar-refractivity contribution in [3.63, 3.8) is 0 Å². The number of carbonyl (C=O) groups excluding carboxylic acids is 2. The maximum atomic E-state index is 13.1. The summed E-state index contributed by atoms with van der Waals surface area (Å²) in [6.45, 7) is 0. The van der Waals surface area contributed by atoms with Gasteiger partial charge in [-0.1, -0.05) is 11.6 Å². The van der Waals surface area contributed by atoms with E-state index < -0.39 is 11.8 Å². The molecule has 0 radical (unpaired) electrons. The lowest BCUT2D eigenvalue weighted by Crippen LogP contribution is -2.07. The van der Waals surface area contributed by atoms with E-state index in [1.54, 1.807) is 0 Å². The number of halogens is 2. The van der Waals surface area contributed by atoms with Crippen LogP contribution in [-0.4, -0.2) is 19.4 Å². The molecule has 5 heteroatoms. The Labute approximate surface area is 84.4 Å². The maximum Gasteiger partial charge on any atom is 0.338 e. The Kier molecular flexibility index (Phi) is 3.19. The average molecular weight is 217 g/mol. The molecule has 0 aliphatic heterocycles. The lowest BCUT2D eigenvalue weighted by atomic mass is 10.1. The Morgan fingerprint density at radius 1 is 1.57 bits per heavy atom. The van der Waals surface area contributed by atoms with Crippen LogP contribution in [0.3, 0.4) is 0 Å². The fourth-order valence-corrected chi connectivity index (χ4v) is 1.19. The molecule has 0 aliphatic rings. The van der Waals surface area contributed by atoms with Crippen LogP contribution in [0.4, 0.5) is 4.39 Å². The zero-order chi connectivity index (χ0) is 10.7. The summed E-state index contributed by atoms with van der Waals surface area (Å²) < 4.78 is 17.5. The topological polar surface area (TPSA) is 43.4 Å². The van der Waals surface area contributed by atoms with Crippen LogP contribution in [-0.2, 0) is 4.74 Å². The van der Waals surface area contributed by atoms with E-state index in [9.17, 15) is 14.0 Å². The van der Waals surface area contributed by atoms with Gasteiger partial charge in [-0.2, -0.15) is 0 Å². The molecule has 0 saturated heterocycles. The van der Waals surface area contributed by atoms with Gasteiger partial charge < -0.3 is 4.74 Å². The highest BCUT2D eigenvalue weighted by atomic mass is 35.5. The molecule has 1 aromatic carbocycles. The van der Waals surface area contributed by atoms with Gasteiger partial charge in [-0.25, -0.2) is 9.18 Å². The minimum absolute atomic E-state index is 0.0356. The number of aldehydes is 1. The summed E-state index contributed by atoms with van der Waals surface area (Å²) >= 11 is 5.52. The minimum Gasteiger partial charge on any atom is -0.465 e. The van der Waals surface area contributed by atoms with Crippen LogP contribution in [0.5, 0.6) is 0 Å². The summed E-state index contributed by atoms with van der Waals surface area (Å²) in [5, 5.41) is 0.0356. The van der Waals surface area contributed by atoms with Gasteiger partial charge in [0, 0.05) is 5.02 Å². The van der Waals surface area contributed by atoms with Crippen molar-refractivity contribution in [1.82, 2.24) is 0 Å².